The molecular formula is C31H33N3O4S. The van der Waals surface area contributed by atoms with Crippen LogP contribution in [0.2, 0.25) is 0 Å². The van der Waals surface area contributed by atoms with E-state index in [0.717, 1.165) is 32.7 Å². The Hall–Kier alpha value is -4.04. The van der Waals surface area contributed by atoms with E-state index in [0.29, 0.717) is 44.0 Å². The fraction of sp³-hybridized carbons (Fsp3) is 0.290. The Bertz CT molecular complexity index is 1450. The topological polar surface area (TPSA) is 83.9 Å². The number of benzene rings is 3. The number of urea groups is 1. The third-order valence-corrected chi connectivity index (χ3v) is 7.87. The lowest BCUT2D eigenvalue weighted by Gasteiger charge is -2.38. The number of ether oxygens (including phenoxy) is 2. The van der Waals surface area contributed by atoms with Crippen LogP contribution in [0.3, 0.4) is 0 Å². The molecule has 1 aliphatic rings. The first kappa shape index (κ1) is 26.6. The zero-order valence-corrected chi connectivity index (χ0v) is 23.3. The summed E-state index contributed by atoms with van der Waals surface area (Å²) in [5.74, 6) is 1.55. The third-order valence-electron chi connectivity index (χ3n) is 7.09. The quantitative estimate of drug-likeness (QED) is 0.287. The fourth-order valence-electron chi connectivity index (χ4n) is 5.17. The van der Waals surface area contributed by atoms with Crippen molar-refractivity contribution < 1.29 is 19.4 Å². The Morgan fingerprint density at radius 1 is 1.13 bits per heavy atom. The van der Waals surface area contributed by atoms with E-state index in [9.17, 15) is 9.90 Å². The molecule has 3 aromatic carbocycles. The van der Waals surface area contributed by atoms with Crippen LogP contribution in [0.1, 0.15) is 44.3 Å². The number of rotatable bonds is 8. The van der Waals surface area contributed by atoms with Crippen molar-refractivity contribution in [2.24, 2.45) is 0 Å². The Morgan fingerprint density at radius 3 is 2.74 bits per heavy atom. The molecule has 1 unspecified atom stereocenters. The molecule has 1 atom stereocenters. The van der Waals surface area contributed by atoms with E-state index >= 15 is 0 Å². The number of fused-ring (bicyclic) bond motifs is 1. The van der Waals surface area contributed by atoms with E-state index < -0.39 is 0 Å². The predicted octanol–water partition coefficient (Wildman–Crippen LogP) is 5.95. The second kappa shape index (κ2) is 11.8. The van der Waals surface area contributed by atoms with Gasteiger partial charge in [-0.25, -0.2) is 4.79 Å². The smallest absolute Gasteiger partial charge is 0.318 e. The van der Waals surface area contributed by atoms with Crippen LogP contribution >= 0.6 is 11.3 Å². The van der Waals surface area contributed by atoms with E-state index in [1.54, 1.807) is 30.9 Å². The number of methoxy groups -OCH3 is 1. The molecule has 0 saturated heterocycles. The normalized spacial score (nSPS) is 14.5. The molecular weight excluding hydrogens is 510 g/mol. The van der Waals surface area contributed by atoms with Gasteiger partial charge in [-0.2, -0.15) is 0 Å². The average molecular weight is 544 g/mol. The van der Waals surface area contributed by atoms with Crippen LogP contribution in [0.4, 0.5) is 4.79 Å². The molecule has 0 spiro atoms. The number of phenols is 1. The van der Waals surface area contributed by atoms with Gasteiger partial charge >= 0.3 is 6.03 Å². The van der Waals surface area contributed by atoms with Crippen molar-refractivity contribution in [1.82, 2.24) is 15.2 Å². The maximum atomic E-state index is 13.6. The van der Waals surface area contributed by atoms with Crippen LogP contribution in [0, 0.1) is 13.8 Å². The van der Waals surface area contributed by atoms with Gasteiger partial charge in [-0.3, -0.25) is 4.98 Å². The molecule has 2 heterocycles. The van der Waals surface area contributed by atoms with Crippen LogP contribution in [0.5, 0.6) is 17.2 Å². The number of thiazole rings is 1. The molecule has 0 radical (unpaired) electrons. The standard InChI is InChI=1S/C31H33N3O4S/c1-20-7-8-26(21(2)13-20)30-27-16-29(38-12-10-22-5-4-6-24(35)14-22)28(37-3)15-23(27)9-11-34(30)31(36)33-18-25-17-32-19-39-25/h4-8,13-17,19,30,35H,9-12,18H2,1-3H3,(H,33,36). The molecule has 0 aliphatic carbocycles. The van der Waals surface area contributed by atoms with Crippen LogP contribution in [0.15, 0.2) is 66.3 Å². The highest BCUT2D eigenvalue weighted by Gasteiger charge is 2.34. The summed E-state index contributed by atoms with van der Waals surface area (Å²) in [6, 6.07) is 17.3. The summed E-state index contributed by atoms with van der Waals surface area (Å²) in [6.45, 7) is 5.62. The molecule has 1 aromatic heterocycles. The maximum absolute atomic E-state index is 13.6. The van der Waals surface area contributed by atoms with E-state index in [1.165, 1.54) is 16.9 Å². The van der Waals surface area contributed by atoms with Gasteiger partial charge < -0.3 is 24.8 Å². The fourth-order valence-corrected chi connectivity index (χ4v) is 5.70. The number of carbonyl (C=O) groups is 1. The van der Waals surface area contributed by atoms with Crippen molar-refractivity contribution in [2.75, 3.05) is 20.3 Å². The highest BCUT2D eigenvalue weighted by Crippen LogP contribution is 2.42. The average Bonchev–Trinajstić information content (AvgIpc) is 3.45. The molecule has 1 aliphatic heterocycles. The molecule has 8 heteroatoms. The zero-order chi connectivity index (χ0) is 27.4. The van der Waals surface area contributed by atoms with Crippen molar-refractivity contribution in [1.29, 1.82) is 0 Å². The number of nitrogens with one attached hydrogen (secondary N) is 1. The number of aromatic nitrogens is 1. The summed E-state index contributed by atoms with van der Waals surface area (Å²) in [6.07, 6.45) is 3.14. The minimum absolute atomic E-state index is 0.110. The van der Waals surface area contributed by atoms with E-state index in [2.05, 4.69) is 42.3 Å². The SMILES string of the molecule is COc1cc2c(cc1OCCc1cccc(O)c1)C(c1ccc(C)cc1C)N(C(=O)NCc1cncs1)CC2. The summed E-state index contributed by atoms with van der Waals surface area (Å²) in [5.41, 5.74) is 8.34. The number of aryl methyl sites for hydroxylation is 2. The summed E-state index contributed by atoms with van der Waals surface area (Å²) in [4.78, 5) is 20.6. The van der Waals surface area contributed by atoms with Gasteiger partial charge in [0.15, 0.2) is 11.5 Å². The van der Waals surface area contributed by atoms with Gasteiger partial charge in [0, 0.05) is 24.0 Å². The van der Waals surface area contributed by atoms with Crippen molar-refractivity contribution in [3.05, 3.63) is 105 Å². The number of carbonyl (C=O) groups excluding carboxylic acids is 1. The molecule has 202 valence electrons. The molecule has 2 N–H and O–H groups in total. The van der Waals surface area contributed by atoms with Crippen LogP contribution in [-0.4, -0.2) is 41.3 Å². The lowest BCUT2D eigenvalue weighted by molar-refractivity contribution is 0.179. The molecule has 4 aromatic rings. The number of nitrogens with zero attached hydrogens (tertiary/aromatic N) is 2. The van der Waals surface area contributed by atoms with Gasteiger partial charge in [0.05, 0.1) is 31.8 Å². The van der Waals surface area contributed by atoms with Crippen molar-refractivity contribution in [3.8, 4) is 17.2 Å². The lowest BCUT2D eigenvalue weighted by atomic mass is 9.85. The first-order valence-electron chi connectivity index (χ1n) is 13.0. The summed E-state index contributed by atoms with van der Waals surface area (Å²) < 4.78 is 11.9. The molecule has 2 amide bonds. The van der Waals surface area contributed by atoms with Crippen molar-refractivity contribution >= 4 is 17.4 Å². The van der Waals surface area contributed by atoms with Gasteiger partial charge in [0.1, 0.15) is 5.75 Å². The molecule has 39 heavy (non-hydrogen) atoms. The Balaban J connectivity index is 1.47. The first-order valence-corrected chi connectivity index (χ1v) is 13.9. The van der Waals surface area contributed by atoms with Crippen LogP contribution in [0.25, 0.3) is 0 Å². The Labute approximate surface area is 233 Å². The Morgan fingerprint density at radius 2 is 2.00 bits per heavy atom. The Kier molecular flexibility index (Phi) is 8.02. The molecule has 0 saturated carbocycles. The highest BCUT2D eigenvalue weighted by molar-refractivity contribution is 7.09. The second-order valence-corrected chi connectivity index (χ2v) is 10.8. The summed E-state index contributed by atoms with van der Waals surface area (Å²) in [5, 5.41) is 12.9. The van der Waals surface area contributed by atoms with E-state index in [4.69, 9.17) is 9.47 Å². The number of amides is 2. The highest BCUT2D eigenvalue weighted by atomic mass is 32.1. The van der Waals surface area contributed by atoms with E-state index in [-0.39, 0.29) is 17.8 Å². The van der Waals surface area contributed by atoms with Gasteiger partial charge in [0.2, 0.25) is 0 Å². The van der Waals surface area contributed by atoms with Gasteiger partial charge in [-0.15, -0.1) is 11.3 Å². The molecule has 0 fully saturated rings. The first-order chi connectivity index (χ1) is 18.9. The molecule has 5 rings (SSSR count). The van der Waals surface area contributed by atoms with Gasteiger partial charge in [0.25, 0.3) is 0 Å². The lowest BCUT2D eigenvalue weighted by Crippen LogP contribution is -2.46. The van der Waals surface area contributed by atoms with Crippen molar-refractivity contribution in [3.63, 3.8) is 0 Å². The number of phenolic OH excluding ortho intramolecular Hbond substituents is 1. The largest absolute Gasteiger partial charge is 0.508 e. The monoisotopic (exact) mass is 543 g/mol. The van der Waals surface area contributed by atoms with Crippen LogP contribution < -0.4 is 14.8 Å². The minimum atomic E-state index is -0.268. The number of aromatic hydroxyl groups is 1. The van der Waals surface area contributed by atoms with Crippen molar-refractivity contribution in [2.45, 2.75) is 39.3 Å². The third kappa shape index (κ3) is 6.01. The zero-order valence-electron chi connectivity index (χ0n) is 22.4. The summed E-state index contributed by atoms with van der Waals surface area (Å²) >= 11 is 1.53. The van der Waals surface area contributed by atoms with Gasteiger partial charge in [-0.05, 0) is 72.4 Å². The predicted molar refractivity (Wildman–Crippen MR) is 153 cm³/mol. The number of hydrogen-bond donors (Lipinski definition) is 2. The molecule has 7 nitrogen and oxygen atoms in total. The molecule has 0 bridgehead atoms. The second-order valence-electron chi connectivity index (χ2n) is 9.80. The van der Waals surface area contributed by atoms with Gasteiger partial charge in [-0.1, -0.05) is 35.9 Å². The number of hydrogen-bond acceptors (Lipinski definition) is 6. The van der Waals surface area contributed by atoms with Crippen LogP contribution in [-0.2, 0) is 19.4 Å². The minimum Gasteiger partial charge on any atom is -0.508 e. The summed E-state index contributed by atoms with van der Waals surface area (Å²) in [7, 11) is 1.65. The maximum Gasteiger partial charge on any atom is 0.318 e. The van der Waals surface area contributed by atoms with E-state index in [1.807, 2.05) is 29.2 Å².